The van der Waals surface area contributed by atoms with Crippen molar-refractivity contribution in [3.8, 4) is 17.2 Å². The maximum atomic E-state index is 13.3. The van der Waals surface area contributed by atoms with E-state index in [0.717, 1.165) is 58.8 Å². The molecule has 0 radical (unpaired) electrons. The zero-order valence-electron chi connectivity index (χ0n) is 16.6. The molecule has 1 fully saturated rings. The van der Waals surface area contributed by atoms with Crippen LogP contribution in [0.1, 0.15) is 29.6 Å². The van der Waals surface area contributed by atoms with E-state index < -0.39 is 0 Å². The van der Waals surface area contributed by atoms with E-state index in [0.29, 0.717) is 11.5 Å². The summed E-state index contributed by atoms with van der Waals surface area (Å²) >= 11 is 0. The standard InChI is InChI=1S/C23H25NO4/c1-26-16-7-8-17-19(13-16)18-14-22(28-3)21(27-2)12-15(18)11-20(17)23(25)24-9-5-4-6-10-24/h7-8,11-14H,4-6,9-10H2,1-3H3. The zero-order valence-corrected chi connectivity index (χ0v) is 16.6. The van der Waals surface area contributed by atoms with Gasteiger partial charge < -0.3 is 19.1 Å². The molecule has 0 spiro atoms. The summed E-state index contributed by atoms with van der Waals surface area (Å²) in [6.07, 6.45) is 3.32. The quantitative estimate of drug-likeness (QED) is 0.620. The molecule has 0 bridgehead atoms. The Bertz CT molecular complexity index is 1040. The molecular weight excluding hydrogens is 354 g/mol. The van der Waals surface area contributed by atoms with Gasteiger partial charge in [0, 0.05) is 18.7 Å². The van der Waals surface area contributed by atoms with Gasteiger partial charge in [-0.1, -0.05) is 0 Å². The SMILES string of the molecule is COc1ccc2c(C(=O)N3CCCCC3)cc3cc(OC)c(OC)cc3c2c1. The van der Waals surface area contributed by atoms with Crippen molar-refractivity contribution in [3.63, 3.8) is 0 Å². The number of ether oxygens (including phenoxy) is 3. The Balaban J connectivity index is 1.99. The van der Waals surface area contributed by atoms with Crippen molar-refractivity contribution in [3.05, 3.63) is 42.0 Å². The van der Waals surface area contributed by atoms with Gasteiger partial charge in [-0.15, -0.1) is 0 Å². The molecule has 1 saturated heterocycles. The Morgan fingerprint density at radius 1 is 0.786 bits per heavy atom. The smallest absolute Gasteiger partial charge is 0.254 e. The summed E-state index contributed by atoms with van der Waals surface area (Å²) in [6, 6.07) is 11.7. The topological polar surface area (TPSA) is 48.0 Å². The highest BCUT2D eigenvalue weighted by atomic mass is 16.5. The van der Waals surface area contributed by atoms with Gasteiger partial charge in [0.1, 0.15) is 5.75 Å². The third-order valence-electron chi connectivity index (χ3n) is 5.54. The summed E-state index contributed by atoms with van der Waals surface area (Å²) in [6.45, 7) is 1.64. The fourth-order valence-electron chi connectivity index (χ4n) is 4.03. The third kappa shape index (κ3) is 3.11. The second-order valence-electron chi connectivity index (χ2n) is 7.12. The van der Waals surface area contributed by atoms with Crippen molar-refractivity contribution in [1.29, 1.82) is 0 Å². The van der Waals surface area contributed by atoms with Gasteiger partial charge >= 0.3 is 0 Å². The molecular formula is C23H25NO4. The number of fused-ring (bicyclic) bond motifs is 3. The van der Waals surface area contributed by atoms with E-state index >= 15 is 0 Å². The van der Waals surface area contributed by atoms with Gasteiger partial charge in [-0.2, -0.15) is 0 Å². The Labute approximate surface area is 164 Å². The Hall–Kier alpha value is -2.95. The number of hydrogen-bond acceptors (Lipinski definition) is 4. The second-order valence-corrected chi connectivity index (χ2v) is 7.12. The predicted octanol–water partition coefficient (Wildman–Crippen LogP) is 4.64. The summed E-state index contributed by atoms with van der Waals surface area (Å²) in [5.41, 5.74) is 0.722. The molecule has 0 aromatic heterocycles. The molecule has 5 nitrogen and oxygen atoms in total. The van der Waals surface area contributed by atoms with Crippen LogP contribution in [0.2, 0.25) is 0 Å². The monoisotopic (exact) mass is 379 g/mol. The minimum absolute atomic E-state index is 0.0894. The van der Waals surface area contributed by atoms with E-state index in [4.69, 9.17) is 14.2 Å². The van der Waals surface area contributed by atoms with Crippen LogP contribution in [0.3, 0.4) is 0 Å². The number of benzene rings is 3. The Morgan fingerprint density at radius 2 is 1.50 bits per heavy atom. The van der Waals surface area contributed by atoms with Gasteiger partial charge in [0.15, 0.2) is 11.5 Å². The van der Waals surface area contributed by atoms with Crippen LogP contribution in [0.5, 0.6) is 17.2 Å². The molecule has 1 aliphatic rings. The van der Waals surface area contributed by atoms with Gasteiger partial charge in [0.25, 0.3) is 5.91 Å². The van der Waals surface area contributed by atoms with Crippen molar-refractivity contribution in [2.45, 2.75) is 19.3 Å². The lowest BCUT2D eigenvalue weighted by Crippen LogP contribution is -2.35. The maximum Gasteiger partial charge on any atom is 0.254 e. The summed E-state index contributed by atoms with van der Waals surface area (Å²) in [5.74, 6) is 2.15. The van der Waals surface area contributed by atoms with Crippen molar-refractivity contribution in [2.75, 3.05) is 34.4 Å². The van der Waals surface area contributed by atoms with E-state index in [1.54, 1.807) is 21.3 Å². The lowest BCUT2D eigenvalue weighted by molar-refractivity contribution is 0.0726. The first-order valence-corrected chi connectivity index (χ1v) is 9.62. The van der Waals surface area contributed by atoms with Gasteiger partial charge in [-0.3, -0.25) is 4.79 Å². The molecule has 146 valence electrons. The summed E-state index contributed by atoms with van der Waals surface area (Å²) in [7, 11) is 4.89. The number of amides is 1. The molecule has 5 heteroatoms. The molecule has 1 heterocycles. The molecule has 1 amide bonds. The molecule has 0 aliphatic carbocycles. The van der Waals surface area contributed by atoms with Gasteiger partial charge in [-0.25, -0.2) is 0 Å². The van der Waals surface area contributed by atoms with E-state index in [2.05, 4.69) is 0 Å². The normalized spacial score (nSPS) is 14.3. The molecule has 28 heavy (non-hydrogen) atoms. The van der Waals surface area contributed by atoms with E-state index in [1.165, 1.54) is 6.42 Å². The fourth-order valence-corrected chi connectivity index (χ4v) is 4.03. The Kier molecular flexibility index (Phi) is 4.99. The number of carbonyl (C=O) groups excluding carboxylic acids is 1. The first-order chi connectivity index (χ1) is 13.7. The van der Waals surface area contributed by atoms with E-state index in [-0.39, 0.29) is 5.91 Å². The largest absolute Gasteiger partial charge is 0.497 e. The van der Waals surface area contributed by atoms with Crippen molar-refractivity contribution in [1.82, 2.24) is 4.90 Å². The molecule has 0 unspecified atom stereocenters. The average molecular weight is 379 g/mol. The van der Waals surface area contributed by atoms with Crippen molar-refractivity contribution < 1.29 is 19.0 Å². The summed E-state index contributed by atoms with van der Waals surface area (Å²) < 4.78 is 16.4. The predicted molar refractivity (Wildman–Crippen MR) is 111 cm³/mol. The number of hydrogen-bond donors (Lipinski definition) is 0. The first kappa shape index (κ1) is 18.4. The van der Waals surface area contributed by atoms with Crippen LogP contribution in [-0.2, 0) is 0 Å². The number of rotatable bonds is 4. The van der Waals surface area contributed by atoms with Gasteiger partial charge in [0.2, 0.25) is 0 Å². The van der Waals surface area contributed by atoms with Crippen LogP contribution >= 0.6 is 0 Å². The summed E-state index contributed by atoms with van der Waals surface area (Å²) in [4.78, 5) is 15.3. The third-order valence-corrected chi connectivity index (χ3v) is 5.54. The molecule has 3 aromatic carbocycles. The van der Waals surface area contributed by atoms with E-state index in [9.17, 15) is 4.79 Å². The maximum absolute atomic E-state index is 13.3. The lowest BCUT2D eigenvalue weighted by atomic mass is 9.95. The van der Waals surface area contributed by atoms with Crippen LogP contribution < -0.4 is 14.2 Å². The number of likely N-dealkylation sites (tertiary alicyclic amines) is 1. The molecule has 0 atom stereocenters. The summed E-state index contributed by atoms with van der Waals surface area (Å²) in [5, 5.41) is 3.84. The van der Waals surface area contributed by atoms with Crippen LogP contribution in [0.4, 0.5) is 0 Å². The number of methoxy groups -OCH3 is 3. The molecule has 1 aliphatic heterocycles. The number of carbonyl (C=O) groups is 1. The highest BCUT2D eigenvalue weighted by molar-refractivity contribution is 6.18. The molecule has 0 N–H and O–H groups in total. The Morgan fingerprint density at radius 3 is 2.18 bits per heavy atom. The van der Waals surface area contributed by atoms with Crippen LogP contribution in [0.15, 0.2) is 36.4 Å². The molecule has 4 rings (SSSR count). The second kappa shape index (κ2) is 7.58. The van der Waals surface area contributed by atoms with Crippen molar-refractivity contribution >= 4 is 27.5 Å². The average Bonchev–Trinajstić information content (AvgIpc) is 2.77. The van der Waals surface area contributed by atoms with Crippen LogP contribution in [-0.4, -0.2) is 45.2 Å². The van der Waals surface area contributed by atoms with Crippen LogP contribution in [0, 0.1) is 0 Å². The lowest BCUT2D eigenvalue weighted by Gasteiger charge is -2.27. The zero-order chi connectivity index (χ0) is 19.7. The minimum atomic E-state index is 0.0894. The highest BCUT2D eigenvalue weighted by Gasteiger charge is 2.22. The van der Waals surface area contributed by atoms with Crippen molar-refractivity contribution in [2.24, 2.45) is 0 Å². The van der Waals surface area contributed by atoms with E-state index in [1.807, 2.05) is 41.3 Å². The molecule has 0 saturated carbocycles. The first-order valence-electron chi connectivity index (χ1n) is 9.62. The van der Waals surface area contributed by atoms with Gasteiger partial charge in [-0.05, 0) is 77.2 Å². The van der Waals surface area contributed by atoms with Crippen LogP contribution in [0.25, 0.3) is 21.5 Å². The highest BCUT2D eigenvalue weighted by Crippen LogP contribution is 2.38. The fraction of sp³-hybridized carbons (Fsp3) is 0.348. The number of nitrogens with zero attached hydrogens (tertiary/aromatic N) is 1. The van der Waals surface area contributed by atoms with Gasteiger partial charge in [0.05, 0.1) is 21.3 Å². The number of piperidine rings is 1. The molecule has 3 aromatic rings. The minimum Gasteiger partial charge on any atom is -0.497 e.